The second kappa shape index (κ2) is 8.29. The Bertz CT molecular complexity index is 680. The lowest BCUT2D eigenvalue weighted by Gasteiger charge is -2.20. The van der Waals surface area contributed by atoms with Gasteiger partial charge in [0.25, 0.3) is 0 Å². The summed E-state index contributed by atoms with van der Waals surface area (Å²) in [4.78, 5) is 31.5. The molecule has 2 aromatic rings. The number of nitrogens with zero attached hydrogens (tertiary/aromatic N) is 1. The van der Waals surface area contributed by atoms with Gasteiger partial charge >= 0.3 is 5.97 Å². The summed E-state index contributed by atoms with van der Waals surface area (Å²) in [6, 6.07) is 8.77. The molecule has 0 aliphatic carbocycles. The number of aryl methyl sites for hydroxylation is 1. The number of rotatable bonds is 7. The zero-order valence-electron chi connectivity index (χ0n) is 14.2. The molecular weight excluding hydrogens is 306 g/mol. The van der Waals surface area contributed by atoms with Crippen LogP contribution >= 0.6 is 0 Å². The molecule has 1 atom stereocenters. The van der Waals surface area contributed by atoms with E-state index in [1.54, 1.807) is 6.33 Å². The average molecular weight is 329 g/mol. The molecular formula is C18H23N3O3. The molecule has 0 unspecified atom stereocenters. The van der Waals surface area contributed by atoms with Crippen LogP contribution in [0, 0.1) is 12.8 Å². The van der Waals surface area contributed by atoms with Gasteiger partial charge in [0, 0.05) is 5.69 Å². The lowest BCUT2D eigenvalue weighted by atomic mass is 10.0. The number of benzene rings is 1. The first-order valence-electron chi connectivity index (χ1n) is 7.96. The van der Waals surface area contributed by atoms with Crippen LogP contribution < -0.4 is 5.32 Å². The van der Waals surface area contributed by atoms with Crippen LogP contribution in [-0.2, 0) is 27.4 Å². The van der Waals surface area contributed by atoms with Crippen molar-refractivity contribution in [3.05, 3.63) is 53.6 Å². The first-order valence-corrected chi connectivity index (χ1v) is 7.96. The maximum absolute atomic E-state index is 12.3. The predicted octanol–water partition coefficient (Wildman–Crippen LogP) is 2.14. The number of esters is 1. The third-order valence-electron chi connectivity index (χ3n) is 3.72. The van der Waals surface area contributed by atoms with Gasteiger partial charge in [0.1, 0.15) is 12.6 Å². The summed E-state index contributed by atoms with van der Waals surface area (Å²) in [6.45, 7) is 5.78. The third kappa shape index (κ3) is 4.94. The molecule has 1 amide bonds. The van der Waals surface area contributed by atoms with Gasteiger partial charge in [-0.2, -0.15) is 0 Å². The Morgan fingerprint density at radius 1 is 1.25 bits per heavy atom. The van der Waals surface area contributed by atoms with Crippen LogP contribution in [0.15, 0.2) is 36.7 Å². The fourth-order valence-corrected chi connectivity index (χ4v) is 2.26. The van der Waals surface area contributed by atoms with Crippen molar-refractivity contribution in [3.63, 3.8) is 0 Å². The van der Waals surface area contributed by atoms with E-state index in [-0.39, 0.29) is 24.9 Å². The van der Waals surface area contributed by atoms with Crippen LogP contribution in [0.1, 0.15) is 30.8 Å². The number of aromatic nitrogens is 2. The summed E-state index contributed by atoms with van der Waals surface area (Å²) >= 11 is 0. The minimum Gasteiger partial charge on any atom is -0.459 e. The molecule has 0 aliphatic rings. The zero-order valence-corrected chi connectivity index (χ0v) is 14.2. The first kappa shape index (κ1) is 17.7. The molecule has 0 saturated heterocycles. The number of H-pyrrole nitrogens is 1. The van der Waals surface area contributed by atoms with E-state index in [0.29, 0.717) is 5.69 Å². The number of carbonyl (C=O) groups excluding carboxylic acids is 2. The predicted molar refractivity (Wildman–Crippen MR) is 90.0 cm³/mol. The monoisotopic (exact) mass is 329 g/mol. The maximum Gasteiger partial charge on any atom is 0.329 e. The molecule has 24 heavy (non-hydrogen) atoms. The Labute approximate surface area is 141 Å². The quantitative estimate of drug-likeness (QED) is 0.762. The fraction of sp³-hybridized carbons (Fsp3) is 0.389. The number of ether oxygens (including phenoxy) is 1. The van der Waals surface area contributed by atoms with Crippen LogP contribution in [0.25, 0.3) is 0 Å². The molecule has 2 N–H and O–H groups in total. The molecule has 128 valence electrons. The normalized spacial score (nSPS) is 12.0. The molecule has 6 heteroatoms. The summed E-state index contributed by atoms with van der Waals surface area (Å²) in [5, 5.41) is 2.75. The van der Waals surface area contributed by atoms with Crippen molar-refractivity contribution in [2.45, 2.75) is 39.8 Å². The van der Waals surface area contributed by atoms with E-state index in [2.05, 4.69) is 15.3 Å². The van der Waals surface area contributed by atoms with E-state index < -0.39 is 12.0 Å². The molecule has 0 saturated carbocycles. The van der Waals surface area contributed by atoms with Crippen molar-refractivity contribution < 1.29 is 14.3 Å². The lowest BCUT2D eigenvalue weighted by molar-refractivity contribution is -0.150. The third-order valence-corrected chi connectivity index (χ3v) is 3.72. The number of aromatic amines is 1. The van der Waals surface area contributed by atoms with Gasteiger partial charge in [0.15, 0.2) is 0 Å². The molecule has 1 aromatic carbocycles. The Morgan fingerprint density at radius 3 is 2.54 bits per heavy atom. The molecule has 2 rings (SSSR count). The van der Waals surface area contributed by atoms with Crippen LogP contribution in [0.4, 0.5) is 0 Å². The summed E-state index contributed by atoms with van der Waals surface area (Å²) in [5.41, 5.74) is 2.43. The minimum absolute atomic E-state index is 0.0718. The standard InChI is InChI=1S/C18H23N3O3/c1-12(2)17(18(23)24-10-14-7-5-4-6-8-14)21-16(22)9-15-13(3)19-11-20-15/h4-8,11-12,17H,9-10H2,1-3H3,(H,19,20)(H,21,22)/t17-/m0/s1. The van der Waals surface area contributed by atoms with Crippen molar-refractivity contribution in [1.29, 1.82) is 0 Å². The number of amides is 1. The van der Waals surface area contributed by atoms with Gasteiger partial charge in [0.05, 0.1) is 18.4 Å². The van der Waals surface area contributed by atoms with Crippen LogP contribution in [-0.4, -0.2) is 27.9 Å². The second-order valence-corrected chi connectivity index (χ2v) is 6.03. The number of hydrogen-bond donors (Lipinski definition) is 2. The zero-order chi connectivity index (χ0) is 17.5. The second-order valence-electron chi connectivity index (χ2n) is 6.03. The number of hydrogen-bond acceptors (Lipinski definition) is 4. The molecule has 0 bridgehead atoms. The van der Waals surface area contributed by atoms with Crippen molar-refractivity contribution >= 4 is 11.9 Å². The van der Waals surface area contributed by atoms with Gasteiger partial charge in [-0.15, -0.1) is 0 Å². The molecule has 0 aliphatic heterocycles. The van der Waals surface area contributed by atoms with Gasteiger partial charge in [-0.25, -0.2) is 9.78 Å². The van der Waals surface area contributed by atoms with Crippen molar-refractivity contribution in [2.75, 3.05) is 0 Å². The summed E-state index contributed by atoms with van der Waals surface area (Å²) < 4.78 is 5.34. The summed E-state index contributed by atoms with van der Waals surface area (Å²) in [5.74, 6) is -0.751. The SMILES string of the molecule is Cc1[nH]cnc1CC(=O)N[C@H](C(=O)OCc1ccccc1)C(C)C. The Kier molecular flexibility index (Phi) is 6.12. The number of imidazole rings is 1. The van der Waals surface area contributed by atoms with Crippen molar-refractivity contribution in [3.8, 4) is 0 Å². The fourth-order valence-electron chi connectivity index (χ4n) is 2.26. The first-order chi connectivity index (χ1) is 11.5. The van der Waals surface area contributed by atoms with Gasteiger partial charge in [-0.1, -0.05) is 44.2 Å². The number of nitrogens with one attached hydrogen (secondary N) is 2. The van der Waals surface area contributed by atoms with Crippen LogP contribution in [0.3, 0.4) is 0 Å². The lowest BCUT2D eigenvalue weighted by Crippen LogP contribution is -2.45. The van der Waals surface area contributed by atoms with Crippen molar-refractivity contribution in [1.82, 2.24) is 15.3 Å². The van der Waals surface area contributed by atoms with Gasteiger partial charge < -0.3 is 15.0 Å². The molecule has 1 heterocycles. The Balaban J connectivity index is 1.91. The highest BCUT2D eigenvalue weighted by molar-refractivity contribution is 5.85. The van der Waals surface area contributed by atoms with Gasteiger partial charge in [-0.3, -0.25) is 4.79 Å². The highest BCUT2D eigenvalue weighted by Crippen LogP contribution is 2.08. The summed E-state index contributed by atoms with van der Waals surface area (Å²) in [7, 11) is 0. The van der Waals surface area contributed by atoms with E-state index in [1.165, 1.54) is 0 Å². The largest absolute Gasteiger partial charge is 0.459 e. The highest BCUT2D eigenvalue weighted by atomic mass is 16.5. The smallest absolute Gasteiger partial charge is 0.329 e. The molecule has 0 spiro atoms. The molecule has 1 aromatic heterocycles. The van der Waals surface area contributed by atoms with Gasteiger partial charge in [0.2, 0.25) is 5.91 Å². The topological polar surface area (TPSA) is 84.1 Å². The molecule has 0 radical (unpaired) electrons. The van der Waals surface area contributed by atoms with E-state index in [4.69, 9.17) is 4.74 Å². The molecule has 0 fully saturated rings. The summed E-state index contributed by atoms with van der Waals surface area (Å²) in [6.07, 6.45) is 1.68. The highest BCUT2D eigenvalue weighted by Gasteiger charge is 2.26. The molecule has 6 nitrogen and oxygen atoms in total. The Morgan fingerprint density at radius 2 is 1.96 bits per heavy atom. The Hall–Kier alpha value is -2.63. The van der Waals surface area contributed by atoms with E-state index in [1.807, 2.05) is 51.1 Å². The maximum atomic E-state index is 12.3. The van der Waals surface area contributed by atoms with Crippen LogP contribution in [0.5, 0.6) is 0 Å². The van der Waals surface area contributed by atoms with Gasteiger partial charge in [-0.05, 0) is 18.4 Å². The van der Waals surface area contributed by atoms with Crippen LogP contribution in [0.2, 0.25) is 0 Å². The van der Waals surface area contributed by atoms with E-state index in [0.717, 1.165) is 11.3 Å². The number of carbonyl (C=O) groups is 2. The van der Waals surface area contributed by atoms with Crippen molar-refractivity contribution in [2.24, 2.45) is 5.92 Å². The average Bonchev–Trinajstić information content (AvgIpc) is 2.96. The van der Waals surface area contributed by atoms with E-state index in [9.17, 15) is 9.59 Å². The minimum atomic E-state index is -0.680. The van der Waals surface area contributed by atoms with E-state index >= 15 is 0 Å².